The molecule has 3 rings (SSSR count). The molecule has 0 unspecified atom stereocenters. The molecule has 27 heavy (non-hydrogen) atoms. The van der Waals surface area contributed by atoms with Crippen molar-refractivity contribution >= 4 is 44.8 Å². The van der Waals surface area contributed by atoms with E-state index in [1.165, 1.54) is 23.5 Å². The molecule has 0 saturated heterocycles. The van der Waals surface area contributed by atoms with E-state index in [9.17, 15) is 9.18 Å². The summed E-state index contributed by atoms with van der Waals surface area (Å²) in [7, 11) is 0. The van der Waals surface area contributed by atoms with Crippen molar-refractivity contribution in [1.29, 1.82) is 0 Å². The number of hydrazine groups is 1. The van der Waals surface area contributed by atoms with Gasteiger partial charge in [-0.3, -0.25) is 15.6 Å². The van der Waals surface area contributed by atoms with Crippen LogP contribution in [0.5, 0.6) is 0 Å². The van der Waals surface area contributed by atoms with Gasteiger partial charge in [0.25, 0.3) is 5.91 Å². The molecule has 6 nitrogen and oxygen atoms in total. The monoisotopic (exact) mass is 404 g/mol. The normalized spacial score (nSPS) is 10.6. The Labute approximate surface area is 164 Å². The lowest BCUT2D eigenvalue weighted by molar-refractivity contribution is -0.126. The van der Waals surface area contributed by atoms with E-state index < -0.39 is 0 Å². The molecule has 0 aliphatic carbocycles. The number of carbonyl (C=O) groups is 1. The molecule has 0 bridgehead atoms. The van der Waals surface area contributed by atoms with Crippen LogP contribution < -0.4 is 16.2 Å². The SMILES string of the molecule is O=C(COCc1nc2ccccc2s1)NNC(=S)NCc1ccc(F)cc1. The largest absolute Gasteiger partial charge is 0.364 e. The Morgan fingerprint density at radius 2 is 1.93 bits per heavy atom. The van der Waals surface area contributed by atoms with Crippen molar-refractivity contribution in [3.8, 4) is 0 Å². The summed E-state index contributed by atoms with van der Waals surface area (Å²) in [6.45, 7) is 0.555. The number of benzene rings is 2. The summed E-state index contributed by atoms with van der Waals surface area (Å²) in [6.07, 6.45) is 0. The molecule has 3 aromatic rings. The maximum atomic E-state index is 12.8. The lowest BCUT2D eigenvalue weighted by Gasteiger charge is -2.11. The Balaban J connectivity index is 1.33. The second kappa shape index (κ2) is 9.36. The standard InChI is InChI=1S/C18H17FN4O2S2/c19-13-7-5-12(6-8-13)9-20-18(26)23-22-16(24)10-25-11-17-21-14-3-1-2-4-15(14)27-17/h1-8H,9-11H2,(H,22,24)(H2,20,23,26). The molecule has 1 amide bonds. The maximum Gasteiger partial charge on any atom is 0.264 e. The van der Waals surface area contributed by atoms with Crippen molar-refractivity contribution in [2.75, 3.05) is 6.61 Å². The van der Waals surface area contributed by atoms with Gasteiger partial charge >= 0.3 is 0 Å². The molecule has 0 radical (unpaired) electrons. The Kier molecular flexibility index (Phi) is 6.64. The van der Waals surface area contributed by atoms with E-state index in [0.29, 0.717) is 6.54 Å². The van der Waals surface area contributed by atoms with Crippen molar-refractivity contribution in [2.45, 2.75) is 13.2 Å². The topological polar surface area (TPSA) is 75.3 Å². The summed E-state index contributed by atoms with van der Waals surface area (Å²) in [5, 5.41) is 3.97. The average Bonchev–Trinajstić information content (AvgIpc) is 3.08. The lowest BCUT2D eigenvalue weighted by atomic mass is 10.2. The second-order valence-electron chi connectivity index (χ2n) is 5.55. The van der Waals surface area contributed by atoms with Gasteiger partial charge in [-0.2, -0.15) is 0 Å². The molecular weight excluding hydrogens is 387 g/mol. The van der Waals surface area contributed by atoms with Gasteiger partial charge in [-0.15, -0.1) is 11.3 Å². The van der Waals surface area contributed by atoms with Crippen LogP contribution in [0.4, 0.5) is 4.39 Å². The molecule has 0 aliphatic heterocycles. The Morgan fingerprint density at radius 3 is 2.70 bits per heavy atom. The van der Waals surface area contributed by atoms with E-state index in [-0.39, 0.29) is 30.1 Å². The zero-order valence-electron chi connectivity index (χ0n) is 14.2. The fourth-order valence-corrected chi connectivity index (χ4v) is 3.23. The van der Waals surface area contributed by atoms with Crippen LogP contribution >= 0.6 is 23.6 Å². The minimum Gasteiger partial charge on any atom is -0.364 e. The molecule has 2 aromatic carbocycles. The number of aromatic nitrogens is 1. The molecule has 140 valence electrons. The molecular formula is C18H17FN4O2S2. The van der Waals surface area contributed by atoms with Crippen molar-refractivity contribution in [3.05, 3.63) is 64.9 Å². The predicted octanol–water partition coefficient (Wildman–Crippen LogP) is 2.65. The summed E-state index contributed by atoms with van der Waals surface area (Å²) in [6, 6.07) is 13.9. The highest BCUT2D eigenvalue weighted by Crippen LogP contribution is 2.21. The minimum atomic E-state index is -0.359. The molecule has 1 heterocycles. The number of hydrogen-bond donors (Lipinski definition) is 3. The van der Waals surface area contributed by atoms with E-state index >= 15 is 0 Å². The zero-order valence-corrected chi connectivity index (χ0v) is 15.8. The second-order valence-corrected chi connectivity index (χ2v) is 7.07. The van der Waals surface area contributed by atoms with Gasteiger partial charge in [0.05, 0.1) is 16.8 Å². The van der Waals surface area contributed by atoms with Crippen molar-refractivity contribution in [3.63, 3.8) is 0 Å². The lowest BCUT2D eigenvalue weighted by Crippen LogP contribution is -2.47. The summed E-state index contributed by atoms with van der Waals surface area (Å²) < 4.78 is 19.3. The summed E-state index contributed by atoms with van der Waals surface area (Å²) >= 11 is 6.60. The fraction of sp³-hybridized carbons (Fsp3) is 0.167. The number of fused-ring (bicyclic) bond motifs is 1. The van der Waals surface area contributed by atoms with Crippen LogP contribution in [0.2, 0.25) is 0 Å². The van der Waals surface area contributed by atoms with Crippen LogP contribution in [0.1, 0.15) is 10.6 Å². The quantitative estimate of drug-likeness (QED) is 0.433. The van der Waals surface area contributed by atoms with E-state index in [4.69, 9.17) is 17.0 Å². The number of ether oxygens (including phenoxy) is 1. The van der Waals surface area contributed by atoms with Gasteiger partial charge < -0.3 is 10.1 Å². The summed E-state index contributed by atoms with van der Waals surface area (Å²) in [5.74, 6) is -0.653. The van der Waals surface area contributed by atoms with Crippen LogP contribution in [0.25, 0.3) is 10.2 Å². The third-order valence-corrected chi connectivity index (χ3v) is 4.73. The summed E-state index contributed by atoms with van der Waals surface area (Å²) in [4.78, 5) is 16.2. The minimum absolute atomic E-state index is 0.122. The van der Waals surface area contributed by atoms with Gasteiger partial charge in [-0.05, 0) is 42.0 Å². The highest BCUT2D eigenvalue weighted by Gasteiger charge is 2.06. The molecule has 0 aliphatic rings. The highest BCUT2D eigenvalue weighted by atomic mass is 32.1. The van der Waals surface area contributed by atoms with Crippen LogP contribution in [0.3, 0.4) is 0 Å². The number of hydrogen-bond acceptors (Lipinski definition) is 5. The van der Waals surface area contributed by atoms with Crippen molar-refractivity contribution in [2.24, 2.45) is 0 Å². The molecule has 0 saturated carbocycles. The molecule has 1 aromatic heterocycles. The maximum absolute atomic E-state index is 12.8. The molecule has 0 spiro atoms. The first-order valence-corrected chi connectivity index (χ1v) is 9.32. The van der Waals surface area contributed by atoms with Crippen LogP contribution in [-0.4, -0.2) is 22.6 Å². The third kappa shape index (κ3) is 5.95. The number of halogens is 1. The molecule has 0 atom stereocenters. The van der Waals surface area contributed by atoms with Crippen LogP contribution in [0.15, 0.2) is 48.5 Å². The average molecular weight is 404 g/mol. The smallest absolute Gasteiger partial charge is 0.264 e. The Hall–Kier alpha value is -2.62. The summed E-state index contributed by atoms with van der Waals surface area (Å²) in [5.41, 5.74) is 6.82. The number of rotatable bonds is 6. The van der Waals surface area contributed by atoms with Crippen molar-refractivity contribution in [1.82, 2.24) is 21.2 Å². The van der Waals surface area contributed by atoms with Gasteiger partial charge in [0, 0.05) is 6.54 Å². The van der Waals surface area contributed by atoms with Crippen LogP contribution in [-0.2, 0) is 22.7 Å². The predicted molar refractivity (Wildman–Crippen MR) is 106 cm³/mol. The number of para-hydroxylation sites is 1. The van der Waals surface area contributed by atoms with E-state index in [1.807, 2.05) is 24.3 Å². The Bertz CT molecular complexity index is 898. The van der Waals surface area contributed by atoms with Crippen molar-refractivity contribution < 1.29 is 13.9 Å². The number of amides is 1. The van der Waals surface area contributed by atoms with Gasteiger partial charge in [0.2, 0.25) is 0 Å². The Morgan fingerprint density at radius 1 is 1.15 bits per heavy atom. The third-order valence-electron chi connectivity index (χ3n) is 3.48. The van der Waals surface area contributed by atoms with Gasteiger partial charge in [0.15, 0.2) is 5.11 Å². The molecule has 3 N–H and O–H groups in total. The number of nitrogens with one attached hydrogen (secondary N) is 3. The van der Waals surface area contributed by atoms with E-state index in [1.54, 1.807) is 12.1 Å². The fourth-order valence-electron chi connectivity index (χ4n) is 2.20. The van der Waals surface area contributed by atoms with Gasteiger partial charge in [-0.25, -0.2) is 9.37 Å². The number of thiocarbonyl (C=S) groups is 1. The molecule has 0 fully saturated rings. The van der Waals surface area contributed by atoms with E-state index in [0.717, 1.165) is 20.8 Å². The number of nitrogens with zero attached hydrogens (tertiary/aromatic N) is 1. The number of carbonyl (C=O) groups excluding carboxylic acids is 1. The number of thiazole rings is 1. The van der Waals surface area contributed by atoms with Crippen LogP contribution in [0, 0.1) is 5.82 Å². The highest BCUT2D eigenvalue weighted by molar-refractivity contribution is 7.80. The first-order chi connectivity index (χ1) is 13.1. The molecule has 9 heteroatoms. The zero-order chi connectivity index (χ0) is 19.1. The van der Waals surface area contributed by atoms with Gasteiger partial charge in [0.1, 0.15) is 17.4 Å². The first-order valence-electron chi connectivity index (χ1n) is 8.09. The van der Waals surface area contributed by atoms with E-state index in [2.05, 4.69) is 21.2 Å². The van der Waals surface area contributed by atoms with Gasteiger partial charge in [-0.1, -0.05) is 24.3 Å². The first kappa shape index (κ1) is 19.2.